The predicted octanol–water partition coefficient (Wildman–Crippen LogP) is 0.747. The van der Waals surface area contributed by atoms with Crippen molar-refractivity contribution in [3.05, 3.63) is 44.4 Å². The molecule has 0 spiro atoms. The molecule has 2 heterocycles. The van der Waals surface area contributed by atoms with E-state index < -0.39 is 0 Å². The first-order chi connectivity index (χ1) is 9.01. The summed E-state index contributed by atoms with van der Waals surface area (Å²) < 4.78 is 1.90. The molecule has 2 aromatic rings. The summed E-state index contributed by atoms with van der Waals surface area (Å²) in [5.74, 6) is 6.94. The molecule has 0 aliphatic carbocycles. The van der Waals surface area contributed by atoms with E-state index in [1.54, 1.807) is 13.0 Å². The Morgan fingerprint density at radius 3 is 2.84 bits per heavy atom. The number of aryl methyl sites for hydroxylation is 2. The van der Waals surface area contributed by atoms with Crippen molar-refractivity contribution in [3.8, 4) is 0 Å². The van der Waals surface area contributed by atoms with Crippen molar-refractivity contribution in [2.24, 2.45) is 5.84 Å². The zero-order valence-corrected chi connectivity index (χ0v) is 12.1. The van der Waals surface area contributed by atoms with Gasteiger partial charge in [-0.15, -0.1) is 0 Å². The van der Waals surface area contributed by atoms with E-state index in [0.717, 1.165) is 5.69 Å². The van der Waals surface area contributed by atoms with E-state index in [1.165, 1.54) is 10.8 Å². The van der Waals surface area contributed by atoms with Crippen molar-refractivity contribution in [3.63, 3.8) is 0 Å². The number of nitrogens with zero attached hydrogens (tertiary/aromatic N) is 4. The van der Waals surface area contributed by atoms with Gasteiger partial charge in [0.05, 0.1) is 6.54 Å². The maximum Gasteiger partial charge on any atom is 0.268 e. The molecule has 0 unspecified atom stereocenters. The minimum Gasteiger partial charge on any atom is -0.308 e. The maximum absolute atomic E-state index is 12.0. The van der Waals surface area contributed by atoms with Gasteiger partial charge in [-0.3, -0.25) is 9.36 Å². The first kappa shape index (κ1) is 13.6. The standard InChI is InChI=1S/C11H13BrN6O/c1-6-3-9(17-13)16-10(15-6)5-18-7(2)14-4-8(12)11(18)19/h3-4H,5,13H2,1-2H3,(H,15,16,17). The molecule has 0 fully saturated rings. The van der Waals surface area contributed by atoms with Crippen LogP contribution in [0.2, 0.25) is 0 Å². The molecule has 0 aromatic carbocycles. The van der Waals surface area contributed by atoms with E-state index in [0.29, 0.717) is 21.9 Å². The molecule has 0 saturated heterocycles. The third-order valence-corrected chi connectivity index (χ3v) is 3.10. The number of rotatable bonds is 3. The monoisotopic (exact) mass is 324 g/mol. The normalized spacial score (nSPS) is 10.5. The highest BCUT2D eigenvalue weighted by atomic mass is 79.9. The van der Waals surface area contributed by atoms with E-state index in [-0.39, 0.29) is 12.1 Å². The Labute approximate surface area is 118 Å². The molecule has 0 aliphatic heterocycles. The fourth-order valence-corrected chi connectivity index (χ4v) is 1.97. The van der Waals surface area contributed by atoms with Crippen LogP contribution in [-0.4, -0.2) is 19.5 Å². The topological polar surface area (TPSA) is 98.7 Å². The third-order valence-electron chi connectivity index (χ3n) is 2.55. The van der Waals surface area contributed by atoms with Crippen LogP contribution in [0.4, 0.5) is 5.82 Å². The fraction of sp³-hybridized carbons (Fsp3) is 0.273. The smallest absolute Gasteiger partial charge is 0.268 e. The van der Waals surface area contributed by atoms with E-state index >= 15 is 0 Å². The van der Waals surface area contributed by atoms with Gasteiger partial charge in [-0.2, -0.15) is 0 Å². The largest absolute Gasteiger partial charge is 0.308 e. The number of hydrazine groups is 1. The molecule has 0 radical (unpaired) electrons. The summed E-state index contributed by atoms with van der Waals surface area (Å²) >= 11 is 3.17. The predicted molar refractivity (Wildman–Crippen MR) is 74.6 cm³/mol. The van der Waals surface area contributed by atoms with Crippen LogP contribution in [-0.2, 0) is 6.54 Å². The second-order valence-electron chi connectivity index (χ2n) is 4.00. The Hall–Kier alpha value is -1.80. The average molecular weight is 325 g/mol. The first-order valence-corrected chi connectivity index (χ1v) is 6.33. The van der Waals surface area contributed by atoms with Crippen LogP contribution in [0.1, 0.15) is 17.3 Å². The molecular weight excluding hydrogens is 312 g/mol. The molecule has 0 atom stereocenters. The first-order valence-electron chi connectivity index (χ1n) is 5.54. The zero-order chi connectivity index (χ0) is 14.0. The number of nitrogen functional groups attached to an aromatic ring is 1. The minimum atomic E-state index is -0.167. The minimum absolute atomic E-state index is 0.167. The number of nitrogens with one attached hydrogen (secondary N) is 1. The third kappa shape index (κ3) is 2.96. The molecule has 19 heavy (non-hydrogen) atoms. The van der Waals surface area contributed by atoms with Gasteiger partial charge < -0.3 is 5.43 Å². The zero-order valence-electron chi connectivity index (χ0n) is 10.5. The van der Waals surface area contributed by atoms with Crippen molar-refractivity contribution in [2.75, 3.05) is 5.43 Å². The van der Waals surface area contributed by atoms with Crippen molar-refractivity contribution in [2.45, 2.75) is 20.4 Å². The number of aromatic nitrogens is 4. The quantitative estimate of drug-likeness (QED) is 0.638. The van der Waals surface area contributed by atoms with Gasteiger partial charge in [-0.05, 0) is 29.8 Å². The van der Waals surface area contributed by atoms with E-state index in [9.17, 15) is 4.79 Å². The van der Waals surface area contributed by atoms with Crippen molar-refractivity contribution in [1.82, 2.24) is 19.5 Å². The Morgan fingerprint density at radius 2 is 2.16 bits per heavy atom. The average Bonchev–Trinajstić information content (AvgIpc) is 2.38. The van der Waals surface area contributed by atoms with Gasteiger partial charge in [-0.1, -0.05) is 0 Å². The summed E-state index contributed by atoms with van der Waals surface area (Å²) in [6.07, 6.45) is 1.48. The van der Waals surface area contributed by atoms with E-state index in [1.807, 2.05) is 6.92 Å². The highest BCUT2D eigenvalue weighted by Crippen LogP contribution is 2.07. The van der Waals surface area contributed by atoms with Gasteiger partial charge in [0, 0.05) is 18.0 Å². The molecule has 2 rings (SSSR count). The molecule has 7 nitrogen and oxygen atoms in total. The summed E-state index contributed by atoms with van der Waals surface area (Å²) in [6, 6.07) is 1.72. The summed E-state index contributed by atoms with van der Waals surface area (Å²) in [6.45, 7) is 3.83. The molecule has 0 bridgehead atoms. The summed E-state index contributed by atoms with van der Waals surface area (Å²) in [7, 11) is 0. The number of hydrogen-bond donors (Lipinski definition) is 2. The van der Waals surface area contributed by atoms with Gasteiger partial charge in [-0.25, -0.2) is 20.8 Å². The Morgan fingerprint density at radius 1 is 1.42 bits per heavy atom. The van der Waals surface area contributed by atoms with Gasteiger partial charge in [0.2, 0.25) is 0 Å². The van der Waals surface area contributed by atoms with Crippen molar-refractivity contribution < 1.29 is 0 Å². The van der Waals surface area contributed by atoms with Crippen LogP contribution in [0.25, 0.3) is 0 Å². The molecule has 8 heteroatoms. The summed E-state index contributed by atoms with van der Waals surface area (Å²) in [4.78, 5) is 24.6. The number of hydrogen-bond acceptors (Lipinski definition) is 6. The molecule has 0 saturated carbocycles. The summed E-state index contributed by atoms with van der Waals surface area (Å²) in [5, 5.41) is 0. The van der Waals surface area contributed by atoms with Crippen LogP contribution < -0.4 is 16.8 Å². The van der Waals surface area contributed by atoms with Crippen molar-refractivity contribution in [1.29, 1.82) is 0 Å². The van der Waals surface area contributed by atoms with Gasteiger partial charge in [0.25, 0.3) is 5.56 Å². The van der Waals surface area contributed by atoms with Crippen LogP contribution in [0, 0.1) is 13.8 Å². The Balaban J connectivity index is 2.44. The highest BCUT2D eigenvalue weighted by Gasteiger charge is 2.09. The molecule has 0 amide bonds. The lowest BCUT2D eigenvalue weighted by Gasteiger charge is -2.10. The van der Waals surface area contributed by atoms with E-state index in [2.05, 4.69) is 36.3 Å². The van der Waals surface area contributed by atoms with Crippen LogP contribution >= 0.6 is 15.9 Å². The lowest BCUT2D eigenvalue weighted by atomic mass is 10.4. The van der Waals surface area contributed by atoms with Crippen LogP contribution in [0.3, 0.4) is 0 Å². The molecule has 100 valence electrons. The van der Waals surface area contributed by atoms with Gasteiger partial charge >= 0.3 is 0 Å². The summed E-state index contributed by atoms with van der Waals surface area (Å²) in [5.41, 5.74) is 3.07. The lowest BCUT2D eigenvalue weighted by Crippen LogP contribution is -2.25. The molecule has 3 N–H and O–H groups in total. The Bertz CT molecular complexity index is 669. The lowest BCUT2D eigenvalue weighted by molar-refractivity contribution is 0.663. The molecule has 2 aromatic heterocycles. The van der Waals surface area contributed by atoms with Gasteiger partial charge in [0.15, 0.2) is 5.82 Å². The highest BCUT2D eigenvalue weighted by molar-refractivity contribution is 9.10. The number of anilines is 1. The maximum atomic E-state index is 12.0. The molecular formula is C11H13BrN6O. The second-order valence-corrected chi connectivity index (χ2v) is 4.85. The SMILES string of the molecule is Cc1cc(NN)nc(Cn2c(C)ncc(Br)c2=O)n1. The number of halogens is 1. The van der Waals surface area contributed by atoms with Crippen molar-refractivity contribution >= 4 is 21.7 Å². The van der Waals surface area contributed by atoms with Crippen LogP contribution in [0.15, 0.2) is 21.5 Å². The second kappa shape index (κ2) is 5.45. The Kier molecular flexibility index (Phi) is 3.91. The van der Waals surface area contributed by atoms with E-state index in [4.69, 9.17) is 5.84 Å². The van der Waals surface area contributed by atoms with Gasteiger partial charge in [0.1, 0.15) is 16.1 Å². The van der Waals surface area contributed by atoms with Crippen LogP contribution in [0.5, 0.6) is 0 Å². The number of nitrogens with two attached hydrogens (primary N) is 1. The fourth-order valence-electron chi connectivity index (χ4n) is 1.65. The molecule has 0 aliphatic rings.